The van der Waals surface area contributed by atoms with Crippen molar-refractivity contribution in [3.05, 3.63) is 0 Å². The topological polar surface area (TPSA) is 56.4 Å². The molecule has 0 aromatic carbocycles. The average Bonchev–Trinajstić information content (AvgIpc) is 2.78. The van der Waals surface area contributed by atoms with E-state index >= 15 is 0 Å². The zero-order valence-corrected chi connectivity index (χ0v) is 11.3. The SMILES string of the molecule is N=C(N)CC1(CN2CCC(N3CCCC3)C2)CC1. The van der Waals surface area contributed by atoms with Crippen LogP contribution in [0.15, 0.2) is 0 Å². The zero-order valence-electron chi connectivity index (χ0n) is 11.3. The van der Waals surface area contributed by atoms with Crippen molar-refractivity contribution < 1.29 is 0 Å². The molecular weight excluding hydrogens is 224 g/mol. The molecule has 1 saturated carbocycles. The molecule has 0 aromatic heterocycles. The highest BCUT2D eigenvalue weighted by Gasteiger charge is 2.45. The smallest absolute Gasteiger partial charge is 0.0911 e. The highest BCUT2D eigenvalue weighted by Crippen LogP contribution is 2.49. The Balaban J connectivity index is 1.49. The summed E-state index contributed by atoms with van der Waals surface area (Å²) in [7, 11) is 0. The lowest BCUT2D eigenvalue weighted by atomic mass is 10.0. The standard InChI is InChI=1S/C14H26N4/c15-13(16)9-14(4-5-14)11-17-8-3-12(10-17)18-6-1-2-7-18/h12H,1-11H2,(H3,15,16). The van der Waals surface area contributed by atoms with Crippen LogP contribution < -0.4 is 5.73 Å². The van der Waals surface area contributed by atoms with Crippen LogP contribution in [-0.4, -0.2) is 54.4 Å². The molecule has 2 saturated heterocycles. The van der Waals surface area contributed by atoms with Crippen LogP contribution in [0.2, 0.25) is 0 Å². The summed E-state index contributed by atoms with van der Waals surface area (Å²) in [6.45, 7) is 6.31. The van der Waals surface area contributed by atoms with E-state index in [4.69, 9.17) is 11.1 Å². The number of nitrogens with one attached hydrogen (secondary N) is 1. The van der Waals surface area contributed by atoms with Gasteiger partial charge in [-0.2, -0.15) is 0 Å². The molecule has 102 valence electrons. The molecule has 1 atom stereocenters. The van der Waals surface area contributed by atoms with Crippen molar-refractivity contribution >= 4 is 5.84 Å². The van der Waals surface area contributed by atoms with E-state index in [1.807, 2.05) is 0 Å². The summed E-state index contributed by atoms with van der Waals surface area (Å²) in [5.74, 6) is 0.378. The maximum atomic E-state index is 7.49. The van der Waals surface area contributed by atoms with Crippen molar-refractivity contribution in [3.8, 4) is 0 Å². The summed E-state index contributed by atoms with van der Waals surface area (Å²) < 4.78 is 0. The number of likely N-dealkylation sites (tertiary alicyclic amines) is 2. The monoisotopic (exact) mass is 250 g/mol. The minimum atomic E-state index is 0.378. The Morgan fingerprint density at radius 3 is 2.56 bits per heavy atom. The Labute approximate surface area is 110 Å². The van der Waals surface area contributed by atoms with Gasteiger partial charge in [0.2, 0.25) is 0 Å². The molecule has 3 rings (SSSR count). The summed E-state index contributed by atoms with van der Waals surface area (Å²) in [6, 6.07) is 0.806. The molecule has 4 heteroatoms. The fourth-order valence-electron chi connectivity index (χ4n) is 3.81. The lowest BCUT2D eigenvalue weighted by Crippen LogP contribution is -2.37. The van der Waals surface area contributed by atoms with Crippen molar-refractivity contribution in [2.24, 2.45) is 11.1 Å². The van der Waals surface area contributed by atoms with E-state index in [9.17, 15) is 0 Å². The van der Waals surface area contributed by atoms with Crippen LogP contribution in [0, 0.1) is 10.8 Å². The maximum absolute atomic E-state index is 7.49. The van der Waals surface area contributed by atoms with Gasteiger partial charge in [-0.05, 0) is 57.2 Å². The van der Waals surface area contributed by atoms with E-state index in [0.29, 0.717) is 11.3 Å². The predicted molar refractivity (Wildman–Crippen MR) is 73.9 cm³/mol. The molecule has 3 N–H and O–H groups in total. The van der Waals surface area contributed by atoms with Gasteiger partial charge in [-0.3, -0.25) is 10.3 Å². The van der Waals surface area contributed by atoms with Crippen LogP contribution in [0.1, 0.15) is 38.5 Å². The van der Waals surface area contributed by atoms with Gasteiger partial charge in [-0.1, -0.05) is 0 Å². The van der Waals surface area contributed by atoms with E-state index in [2.05, 4.69) is 9.80 Å². The van der Waals surface area contributed by atoms with E-state index in [-0.39, 0.29) is 0 Å². The lowest BCUT2D eigenvalue weighted by molar-refractivity contribution is 0.214. The Morgan fingerprint density at radius 2 is 1.94 bits per heavy atom. The Morgan fingerprint density at radius 1 is 1.22 bits per heavy atom. The normalized spacial score (nSPS) is 31.9. The van der Waals surface area contributed by atoms with Gasteiger partial charge in [0.25, 0.3) is 0 Å². The van der Waals surface area contributed by atoms with Crippen molar-refractivity contribution in [3.63, 3.8) is 0 Å². The fraction of sp³-hybridized carbons (Fsp3) is 0.929. The molecule has 4 nitrogen and oxygen atoms in total. The molecule has 0 aromatic rings. The van der Waals surface area contributed by atoms with Crippen LogP contribution in [0.5, 0.6) is 0 Å². The Bertz CT molecular complexity index is 318. The predicted octanol–water partition coefficient (Wildman–Crippen LogP) is 1.26. The first kappa shape index (κ1) is 12.4. The molecule has 3 aliphatic rings. The quantitative estimate of drug-likeness (QED) is 0.570. The maximum Gasteiger partial charge on any atom is 0.0911 e. The third-order valence-corrected chi connectivity index (χ3v) is 4.99. The minimum absolute atomic E-state index is 0.378. The molecule has 2 heterocycles. The van der Waals surface area contributed by atoms with Gasteiger partial charge in [-0.15, -0.1) is 0 Å². The molecule has 0 spiro atoms. The highest BCUT2D eigenvalue weighted by molar-refractivity contribution is 5.78. The van der Waals surface area contributed by atoms with E-state index in [0.717, 1.165) is 12.5 Å². The Kier molecular flexibility index (Phi) is 3.32. The molecule has 1 aliphatic carbocycles. The largest absolute Gasteiger partial charge is 0.388 e. The average molecular weight is 250 g/mol. The third kappa shape index (κ3) is 2.69. The molecule has 18 heavy (non-hydrogen) atoms. The highest BCUT2D eigenvalue weighted by atomic mass is 15.3. The van der Waals surface area contributed by atoms with Crippen molar-refractivity contribution in [1.82, 2.24) is 9.80 Å². The Hall–Kier alpha value is -0.610. The number of hydrogen-bond donors (Lipinski definition) is 2. The summed E-state index contributed by atoms with van der Waals surface area (Å²) in [5.41, 5.74) is 5.96. The molecule has 3 fully saturated rings. The molecule has 0 amide bonds. The molecule has 2 aliphatic heterocycles. The van der Waals surface area contributed by atoms with Crippen molar-refractivity contribution in [2.45, 2.75) is 44.6 Å². The van der Waals surface area contributed by atoms with Gasteiger partial charge < -0.3 is 10.6 Å². The van der Waals surface area contributed by atoms with Crippen LogP contribution in [0.4, 0.5) is 0 Å². The first-order valence-electron chi connectivity index (χ1n) is 7.46. The van der Waals surface area contributed by atoms with Crippen LogP contribution in [-0.2, 0) is 0 Å². The van der Waals surface area contributed by atoms with E-state index < -0.39 is 0 Å². The van der Waals surface area contributed by atoms with Gasteiger partial charge in [-0.25, -0.2) is 0 Å². The first-order chi connectivity index (χ1) is 8.67. The summed E-state index contributed by atoms with van der Waals surface area (Å²) in [5, 5.41) is 7.49. The minimum Gasteiger partial charge on any atom is -0.388 e. The van der Waals surface area contributed by atoms with Crippen LogP contribution in [0.3, 0.4) is 0 Å². The molecule has 1 unspecified atom stereocenters. The second-order valence-electron chi connectivity index (χ2n) is 6.62. The number of nitrogens with zero attached hydrogens (tertiary/aromatic N) is 2. The van der Waals surface area contributed by atoms with Crippen LogP contribution in [0.25, 0.3) is 0 Å². The first-order valence-corrected chi connectivity index (χ1v) is 7.46. The summed E-state index contributed by atoms with van der Waals surface area (Å²) >= 11 is 0. The molecule has 0 radical (unpaired) electrons. The molecule has 0 bridgehead atoms. The van der Waals surface area contributed by atoms with Crippen molar-refractivity contribution in [2.75, 3.05) is 32.7 Å². The van der Waals surface area contributed by atoms with Gasteiger partial charge in [0.05, 0.1) is 5.84 Å². The second kappa shape index (κ2) is 4.82. The fourth-order valence-corrected chi connectivity index (χ4v) is 3.81. The van der Waals surface area contributed by atoms with Gasteiger partial charge in [0.1, 0.15) is 0 Å². The van der Waals surface area contributed by atoms with Gasteiger partial charge >= 0.3 is 0 Å². The zero-order chi connectivity index (χ0) is 12.6. The second-order valence-corrected chi connectivity index (χ2v) is 6.62. The number of nitrogens with two attached hydrogens (primary N) is 1. The van der Waals surface area contributed by atoms with Gasteiger partial charge in [0, 0.05) is 25.6 Å². The lowest BCUT2D eigenvalue weighted by Gasteiger charge is -2.26. The van der Waals surface area contributed by atoms with Gasteiger partial charge in [0.15, 0.2) is 0 Å². The van der Waals surface area contributed by atoms with E-state index in [1.165, 1.54) is 64.8 Å². The van der Waals surface area contributed by atoms with Crippen LogP contribution >= 0.6 is 0 Å². The van der Waals surface area contributed by atoms with E-state index in [1.54, 1.807) is 0 Å². The number of hydrogen-bond acceptors (Lipinski definition) is 3. The molecular formula is C14H26N4. The summed E-state index contributed by atoms with van der Waals surface area (Å²) in [6.07, 6.45) is 7.50. The van der Waals surface area contributed by atoms with Crippen molar-refractivity contribution in [1.29, 1.82) is 5.41 Å². The number of rotatable bonds is 5. The third-order valence-electron chi connectivity index (χ3n) is 4.99. The summed E-state index contributed by atoms with van der Waals surface area (Å²) in [4.78, 5) is 5.31. The number of amidine groups is 1.